The second-order valence-corrected chi connectivity index (χ2v) is 8.93. The van der Waals surface area contributed by atoms with Crippen LogP contribution in [0.4, 0.5) is 10.5 Å². The standard InChI is InChI=1S/C24H24N6O3S/c1-33-20-9-5-6-17(14-20)22-27-30-21(31)15-19(26-24(30)34-22)16-28-10-12-29(13-11-28)23(32)25-18-7-3-2-4-8-18/h2-9,14-15H,10-13,16H2,1H3,(H,25,32). The number of carbonyl (C=O) groups excluding carboxylic acids is 1. The molecule has 0 spiro atoms. The van der Waals surface area contributed by atoms with Gasteiger partial charge in [-0.2, -0.15) is 9.61 Å². The van der Waals surface area contributed by atoms with E-state index in [0.29, 0.717) is 48.4 Å². The number of amides is 2. The first-order chi connectivity index (χ1) is 16.6. The Kier molecular flexibility index (Phi) is 6.24. The molecule has 1 N–H and O–H groups in total. The summed E-state index contributed by atoms with van der Waals surface area (Å²) in [5, 5.41) is 8.08. The van der Waals surface area contributed by atoms with E-state index in [2.05, 4.69) is 20.3 Å². The van der Waals surface area contributed by atoms with Gasteiger partial charge in [0.05, 0.1) is 12.8 Å². The van der Waals surface area contributed by atoms with Crippen molar-refractivity contribution in [3.8, 4) is 16.3 Å². The predicted octanol–water partition coefficient (Wildman–Crippen LogP) is 3.18. The van der Waals surface area contributed by atoms with Crippen LogP contribution in [0.25, 0.3) is 15.5 Å². The number of hydrogen-bond acceptors (Lipinski definition) is 7. The van der Waals surface area contributed by atoms with Crippen LogP contribution >= 0.6 is 11.3 Å². The van der Waals surface area contributed by atoms with E-state index in [4.69, 9.17) is 4.74 Å². The number of nitrogens with one attached hydrogen (secondary N) is 1. The second-order valence-electron chi connectivity index (χ2n) is 7.98. The Bertz CT molecular complexity index is 1360. The van der Waals surface area contributed by atoms with Crippen LogP contribution in [-0.2, 0) is 6.54 Å². The fraction of sp³-hybridized carbons (Fsp3) is 0.250. The number of anilines is 1. The minimum atomic E-state index is -0.203. The zero-order valence-corrected chi connectivity index (χ0v) is 19.5. The molecular weight excluding hydrogens is 452 g/mol. The lowest BCUT2D eigenvalue weighted by Gasteiger charge is -2.34. The molecule has 2 aromatic heterocycles. The van der Waals surface area contributed by atoms with E-state index in [1.54, 1.807) is 12.0 Å². The van der Waals surface area contributed by atoms with E-state index in [1.807, 2.05) is 54.6 Å². The van der Waals surface area contributed by atoms with Gasteiger partial charge in [-0.15, -0.1) is 0 Å². The maximum absolute atomic E-state index is 12.7. The summed E-state index contributed by atoms with van der Waals surface area (Å²) in [6, 6.07) is 18.4. The van der Waals surface area contributed by atoms with E-state index >= 15 is 0 Å². The third kappa shape index (κ3) is 4.78. The minimum Gasteiger partial charge on any atom is -0.497 e. The van der Waals surface area contributed by atoms with Crippen molar-refractivity contribution in [2.24, 2.45) is 0 Å². The van der Waals surface area contributed by atoms with Gasteiger partial charge in [0.2, 0.25) is 4.96 Å². The van der Waals surface area contributed by atoms with E-state index in [-0.39, 0.29) is 11.6 Å². The zero-order chi connectivity index (χ0) is 23.5. The molecule has 1 saturated heterocycles. The van der Waals surface area contributed by atoms with Crippen LogP contribution in [0, 0.1) is 0 Å². The van der Waals surface area contributed by atoms with E-state index < -0.39 is 0 Å². The summed E-state index contributed by atoms with van der Waals surface area (Å²) in [5.74, 6) is 0.731. The Labute approximate surface area is 200 Å². The molecule has 10 heteroatoms. The molecule has 1 fully saturated rings. The number of rotatable bonds is 5. The average molecular weight is 477 g/mol. The van der Waals surface area contributed by atoms with Crippen LogP contribution in [0.15, 0.2) is 65.5 Å². The summed E-state index contributed by atoms with van der Waals surface area (Å²) in [6.45, 7) is 3.19. The van der Waals surface area contributed by atoms with Gasteiger partial charge in [-0.05, 0) is 24.3 Å². The van der Waals surface area contributed by atoms with Crippen molar-refractivity contribution < 1.29 is 9.53 Å². The van der Waals surface area contributed by atoms with Crippen LogP contribution in [-0.4, -0.2) is 63.7 Å². The summed E-state index contributed by atoms with van der Waals surface area (Å²) in [4.78, 5) is 34.4. The monoisotopic (exact) mass is 476 g/mol. The summed E-state index contributed by atoms with van der Waals surface area (Å²) in [7, 11) is 1.62. The highest BCUT2D eigenvalue weighted by molar-refractivity contribution is 7.19. The quantitative estimate of drug-likeness (QED) is 0.476. The van der Waals surface area contributed by atoms with Crippen LogP contribution < -0.4 is 15.6 Å². The maximum atomic E-state index is 12.7. The number of methoxy groups -OCH3 is 1. The first-order valence-corrected chi connectivity index (χ1v) is 11.8. The van der Waals surface area contributed by atoms with Gasteiger partial charge in [0, 0.05) is 50.0 Å². The topological polar surface area (TPSA) is 92.1 Å². The zero-order valence-electron chi connectivity index (χ0n) is 18.7. The van der Waals surface area contributed by atoms with Crippen molar-refractivity contribution in [1.82, 2.24) is 24.4 Å². The molecule has 34 heavy (non-hydrogen) atoms. The van der Waals surface area contributed by atoms with Gasteiger partial charge in [-0.3, -0.25) is 9.69 Å². The number of carbonyl (C=O) groups is 1. The number of aromatic nitrogens is 3. The highest BCUT2D eigenvalue weighted by atomic mass is 32.1. The Balaban J connectivity index is 1.25. The molecule has 174 valence electrons. The molecule has 3 heterocycles. The van der Waals surface area contributed by atoms with Gasteiger partial charge >= 0.3 is 6.03 Å². The molecule has 1 aliphatic rings. The van der Waals surface area contributed by atoms with E-state index in [9.17, 15) is 9.59 Å². The predicted molar refractivity (Wildman–Crippen MR) is 131 cm³/mol. The van der Waals surface area contributed by atoms with Crippen molar-refractivity contribution in [1.29, 1.82) is 0 Å². The lowest BCUT2D eigenvalue weighted by molar-refractivity contribution is 0.142. The molecule has 0 aliphatic carbocycles. The number of nitrogens with zero attached hydrogens (tertiary/aromatic N) is 5. The van der Waals surface area contributed by atoms with Gasteiger partial charge in [-0.1, -0.05) is 41.7 Å². The van der Waals surface area contributed by atoms with Crippen LogP contribution in [0.1, 0.15) is 5.69 Å². The first-order valence-electron chi connectivity index (χ1n) is 11.0. The molecule has 9 nitrogen and oxygen atoms in total. The fourth-order valence-corrected chi connectivity index (χ4v) is 4.79. The molecule has 0 atom stereocenters. The van der Waals surface area contributed by atoms with Gasteiger partial charge in [0.1, 0.15) is 10.8 Å². The molecule has 1 aliphatic heterocycles. The largest absolute Gasteiger partial charge is 0.497 e. The lowest BCUT2D eigenvalue weighted by Crippen LogP contribution is -2.49. The molecule has 0 saturated carbocycles. The summed E-state index contributed by atoms with van der Waals surface area (Å²) in [5.41, 5.74) is 2.16. The van der Waals surface area contributed by atoms with E-state index in [0.717, 1.165) is 17.0 Å². The molecule has 2 aromatic carbocycles. The number of para-hydroxylation sites is 1. The fourth-order valence-electron chi connectivity index (χ4n) is 3.87. The number of ether oxygens (including phenoxy) is 1. The average Bonchev–Trinajstić information content (AvgIpc) is 3.30. The summed E-state index contributed by atoms with van der Waals surface area (Å²) < 4.78 is 6.63. The van der Waals surface area contributed by atoms with Gasteiger partial charge < -0.3 is 15.0 Å². The smallest absolute Gasteiger partial charge is 0.321 e. The highest BCUT2D eigenvalue weighted by Gasteiger charge is 2.22. The summed E-state index contributed by atoms with van der Waals surface area (Å²) in [6.07, 6.45) is 0. The SMILES string of the molecule is COc1cccc(-c2nn3c(=O)cc(CN4CCN(C(=O)Nc5ccccc5)CC4)nc3s2)c1. The molecule has 0 unspecified atom stereocenters. The second kappa shape index (κ2) is 9.62. The van der Waals surface area contributed by atoms with E-state index in [1.165, 1.54) is 21.9 Å². The van der Waals surface area contributed by atoms with Gasteiger partial charge in [0.15, 0.2) is 0 Å². The van der Waals surface area contributed by atoms with Crippen molar-refractivity contribution in [2.75, 3.05) is 38.6 Å². The number of hydrogen-bond donors (Lipinski definition) is 1. The molecular formula is C24H24N6O3S. The maximum Gasteiger partial charge on any atom is 0.321 e. The third-order valence-corrected chi connectivity index (χ3v) is 6.64. The first kappa shape index (κ1) is 22.1. The van der Waals surface area contributed by atoms with Crippen molar-refractivity contribution in [2.45, 2.75) is 6.54 Å². The van der Waals surface area contributed by atoms with Crippen molar-refractivity contribution in [3.63, 3.8) is 0 Å². The van der Waals surface area contributed by atoms with Crippen molar-refractivity contribution >= 4 is 28.0 Å². The van der Waals surface area contributed by atoms with Crippen LogP contribution in [0.3, 0.4) is 0 Å². The number of urea groups is 1. The Hall–Kier alpha value is -3.76. The lowest BCUT2D eigenvalue weighted by atomic mass is 10.2. The highest BCUT2D eigenvalue weighted by Crippen LogP contribution is 2.27. The Morgan fingerprint density at radius 2 is 1.85 bits per heavy atom. The molecule has 5 rings (SSSR count). The number of benzene rings is 2. The molecule has 0 bridgehead atoms. The molecule has 4 aromatic rings. The Morgan fingerprint density at radius 3 is 2.62 bits per heavy atom. The van der Waals surface area contributed by atoms with Crippen LogP contribution in [0.5, 0.6) is 5.75 Å². The van der Waals surface area contributed by atoms with Gasteiger partial charge in [-0.25, -0.2) is 9.78 Å². The third-order valence-electron chi connectivity index (χ3n) is 5.68. The Morgan fingerprint density at radius 1 is 1.06 bits per heavy atom. The number of fused-ring (bicyclic) bond motifs is 1. The van der Waals surface area contributed by atoms with Gasteiger partial charge in [0.25, 0.3) is 5.56 Å². The molecule has 0 radical (unpaired) electrons. The van der Waals surface area contributed by atoms with Crippen LogP contribution in [0.2, 0.25) is 0 Å². The normalized spacial score (nSPS) is 14.3. The summed E-state index contributed by atoms with van der Waals surface area (Å²) >= 11 is 1.37. The van der Waals surface area contributed by atoms with Crippen molar-refractivity contribution in [3.05, 3.63) is 76.7 Å². The number of piperazine rings is 1. The minimum absolute atomic E-state index is 0.0987. The molecule has 2 amide bonds.